The van der Waals surface area contributed by atoms with Crippen molar-refractivity contribution in [2.24, 2.45) is 5.73 Å². The van der Waals surface area contributed by atoms with E-state index in [4.69, 9.17) is 5.73 Å². The second kappa shape index (κ2) is 12.5. The van der Waals surface area contributed by atoms with Crippen molar-refractivity contribution in [3.63, 3.8) is 0 Å². The molecule has 0 atom stereocenters. The van der Waals surface area contributed by atoms with Crippen molar-refractivity contribution in [2.45, 2.75) is 71.1 Å². The highest BCUT2D eigenvalue weighted by molar-refractivity contribution is 4.74. The van der Waals surface area contributed by atoms with E-state index in [0.29, 0.717) is 0 Å². The van der Waals surface area contributed by atoms with E-state index in [9.17, 15) is 0 Å². The lowest BCUT2D eigenvalue weighted by atomic mass is 10.1. The SMILES string of the molecule is CCCCCCCCCCC/C=C/N. The highest BCUT2D eigenvalue weighted by Crippen LogP contribution is 2.10. The van der Waals surface area contributed by atoms with Crippen LogP contribution < -0.4 is 5.73 Å². The molecule has 0 amide bonds. The molecule has 0 spiro atoms. The number of nitrogens with two attached hydrogens (primary N) is 1. The van der Waals surface area contributed by atoms with E-state index in [1.165, 1.54) is 57.8 Å². The molecule has 0 saturated carbocycles. The summed E-state index contributed by atoms with van der Waals surface area (Å²) >= 11 is 0. The van der Waals surface area contributed by atoms with Crippen molar-refractivity contribution in [2.75, 3.05) is 0 Å². The van der Waals surface area contributed by atoms with Crippen LogP contribution in [0.15, 0.2) is 12.3 Å². The Labute approximate surface area is 89.8 Å². The van der Waals surface area contributed by atoms with Crippen molar-refractivity contribution in [3.8, 4) is 0 Å². The third kappa shape index (κ3) is 11.5. The Kier molecular flexibility index (Phi) is 12.1. The van der Waals surface area contributed by atoms with E-state index in [-0.39, 0.29) is 0 Å². The summed E-state index contributed by atoms with van der Waals surface area (Å²) in [4.78, 5) is 0. The van der Waals surface area contributed by atoms with Crippen LogP contribution in [-0.4, -0.2) is 0 Å². The summed E-state index contributed by atoms with van der Waals surface area (Å²) in [6, 6.07) is 0. The van der Waals surface area contributed by atoms with E-state index in [1.807, 2.05) is 0 Å². The molecule has 0 fully saturated rings. The lowest BCUT2D eigenvalue weighted by Crippen LogP contribution is -1.81. The summed E-state index contributed by atoms with van der Waals surface area (Å²) in [6.07, 6.45) is 17.5. The fourth-order valence-electron chi connectivity index (χ4n) is 1.67. The van der Waals surface area contributed by atoms with Gasteiger partial charge in [-0.15, -0.1) is 0 Å². The molecule has 0 aliphatic rings. The van der Waals surface area contributed by atoms with E-state index in [1.54, 1.807) is 6.20 Å². The summed E-state index contributed by atoms with van der Waals surface area (Å²) in [5.41, 5.74) is 5.26. The van der Waals surface area contributed by atoms with Crippen LogP contribution in [0, 0.1) is 0 Å². The molecule has 0 heterocycles. The average Bonchev–Trinajstić information content (AvgIpc) is 2.21. The predicted molar refractivity (Wildman–Crippen MR) is 65.2 cm³/mol. The Morgan fingerprint density at radius 3 is 1.79 bits per heavy atom. The van der Waals surface area contributed by atoms with E-state index in [0.717, 1.165) is 6.42 Å². The first-order chi connectivity index (χ1) is 6.91. The topological polar surface area (TPSA) is 26.0 Å². The fraction of sp³-hybridized carbons (Fsp3) is 0.846. The van der Waals surface area contributed by atoms with Crippen molar-refractivity contribution >= 4 is 0 Å². The largest absolute Gasteiger partial charge is 0.405 e. The van der Waals surface area contributed by atoms with Gasteiger partial charge in [0.1, 0.15) is 0 Å². The van der Waals surface area contributed by atoms with Gasteiger partial charge in [0.05, 0.1) is 0 Å². The Balaban J connectivity index is 2.85. The highest BCUT2D eigenvalue weighted by Gasteiger charge is 1.90. The van der Waals surface area contributed by atoms with Crippen molar-refractivity contribution in [1.82, 2.24) is 0 Å². The maximum Gasteiger partial charge on any atom is -0.0103 e. The quantitative estimate of drug-likeness (QED) is 0.517. The van der Waals surface area contributed by atoms with Gasteiger partial charge in [0.25, 0.3) is 0 Å². The third-order valence-electron chi connectivity index (χ3n) is 2.61. The predicted octanol–water partition coefficient (Wildman–Crippen LogP) is 4.38. The third-order valence-corrected chi connectivity index (χ3v) is 2.61. The fourth-order valence-corrected chi connectivity index (χ4v) is 1.67. The summed E-state index contributed by atoms with van der Waals surface area (Å²) in [6.45, 7) is 2.27. The molecule has 0 unspecified atom stereocenters. The molecule has 0 radical (unpaired) electrons. The van der Waals surface area contributed by atoms with Gasteiger partial charge in [-0.3, -0.25) is 0 Å². The van der Waals surface area contributed by atoms with Crippen LogP contribution in [-0.2, 0) is 0 Å². The molecule has 0 aliphatic heterocycles. The molecule has 2 N–H and O–H groups in total. The smallest absolute Gasteiger partial charge is 0.0103 e. The molecule has 0 saturated heterocycles. The Bertz CT molecular complexity index is 118. The average molecular weight is 197 g/mol. The summed E-state index contributed by atoms with van der Waals surface area (Å²) in [5, 5.41) is 0. The Hall–Kier alpha value is -0.460. The number of hydrogen-bond acceptors (Lipinski definition) is 1. The molecule has 0 aliphatic carbocycles. The minimum absolute atomic E-state index is 1.16. The molecule has 0 aromatic rings. The van der Waals surface area contributed by atoms with Crippen LogP contribution in [0.25, 0.3) is 0 Å². The van der Waals surface area contributed by atoms with Gasteiger partial charge in [-0.2, -0.15) is 0 Å². The molecule has 14 heavy (non-hydrogen) atoms. The maximum atomic E-state index is 5.26. The number of allylic oxidation sites excluding steroid dienone is 1. The van der Waals surface area contributed by atoms with Crippen molar-refractivity contribution < 1.29 is 0 Å². The minimum atomic E-state index is 1.16. The van der Waals surface area contributed by atoms with Gasteiger partial charge in [-0.05, 0) is 19.0 Å². The monoisotopic (exact) mass is 197 g/mol. The van der Waals surface area contributed by atoms with Crippen molar-refractivity contribution in [3.05, 3.63) is 12.3 Å². The van der Waals surface area contributed by atoms with Crippen LogP contribution in [0.1, 0.15) is 71.1 Å². The zero-order valence-electron chi connectivity index (χ0n) is 9.80. The van der Waals surface area contributed by atoms with Gasteiger partial charge in [-0.1, -0.05) is 64.4 Å². The summed E-state index contributed by atoms with van der Waals surface area (Å²) < 4.78 is 0. The molecule has 0 rings (SSSR count). The Morgan fingerprint density at radius 1 is 0.786 bits per heavy atom. The molecular formula is C13H27N. The summed E-state index contributed by atoms with van der Waals surface area (Å²) in [5.74, 6) is 0. The lowest BCUT2D eigenvalue weighted by Gasteiger charge is -2.00. The van der Waals surface area contributed by atoms with Gasteiger partial charge >= 0.3 is 0 Å². The van der Waals surface area contributed by atoms with Crippen LogP contribution in [0.2, 0.25) is 0 Å². The van der Waals surface area contributed by atoms with Gasteiger partial charge in [0.15, 0.2) is 0 Å². The molecule has 0 bridgehead atoms. The molecule has 0 aromatic heterocycles. The summed E-state index contributed by atoms with van der Waals surface area (Å²) in [7, 11) is 0. The molecule has 1 heteroatoms. The van der Waals surface area contributed by atoms with Crippen LogP contribution in [0.4, 0.5) is 0 Å². The Morgan fingerprint density at radius 2 is 1.29 bits per heavy atom. The number of rotatable bonds is 10. The molecule has 84 valence electrons. The first kappa shape index (κ1) is 13.5. The van der Waals surface area contributed by atoms with Crippen molar-refractivity contribution in [1.29, 1.82) is 0 Å². The van der Waals surface area contributed by atoms with E-state index >= 15 is 0 Å². The zero-order valence-corrected chi connectivity index (χ0v) is 9.80. The van der Waals surface area contributed by atoms with Crippen LogP contribution in [0.3, 0.4) is 0 Å². The van der Waals surface area contributed by atoms with Crippen LogP contribution in [0.5, 0.6) is 0 Å². The highest BCUT2D eigenvalue weighted by atomic mass is 14.5. The van der Waals surface area contributed by atoms with E-state index < -0.39 is 0 Å². The van der Waals surface area contributed by atoms with Gasteiger partial charge in [0.2, 0.25) is 0 Å². The molecular weight excluding hydrogens is 170 g/mol. The standard InChI is InChI=1S/C13H27N/c1-2-3-4-5-6-7-8-9-10-11-12-13-14/h12-13H,2-11,14H2,1H3/b13-12+. The number of hydrogen-bond donors (Lipinski definition) is 1. The molecule has 0 aromatic carbocycles. The normalized spacial score (nSPS) is 11.2. The lowest BCUT2D eigenvalue weighted by molar-refractivity contribution is 0.566. The first-order valence-electron chi connectivity index (χ1n) is 6.28. The maximum absolute atomic E-state index is 5.26. The second-order valence-corrected chi connectivity index (χ2v) is 4.05. The first-order valence-corrected chi connectivity index (χ1v) is 6.28. The second-order valence-electron chi connectivity index (χ2n) is 4.05. The molecule has 1 nitrogen and oxygen atoms in total. The van der Waals surface area contributed by atoms with E-state index in [2.05, 4.69) is 13.0 Å². The number of unbranched alkanes of at least 4 members (excludes halogenated alkanes) is 9. The van der Waals surface area contributed by atoms with Gasteiger partial charge in [0, 0.05) is 0 Å². The zero-order chi connectivity index (χ0) is 10.5. The van der Waals surface area contributed by atoms with Gasteiger partial charge in [-0.25, -0.2) is 0 Å². The van der Waals surface area contributed by atoms with Gasteiger partial charge < -0.3 is 5.73 Å². The minimum Gasteiger partial charge on any atom is -0.405 e. The van der Waals surface area contributed by atoms with Crippen LogP contribution >= 0.6 is 0 Å².